The first-order valence-corrected chi connectivity index (χ1v) is 3.12. The third-order valence-corrected chi connectivity index (χ3v) is 1.30. The first-order chi connectivity index (χ1) is 1.91. The molecule has 2 heteroatoms. The van der Waals surface area contributed by atoms with Crippen LogP contribution in [0.5, 0.6) is 0 Å². The van der Waals surface area contributed by atoms with Gasteiger partial charge in [-0.15, -0.1) is 13.4 Å². The van der Waals surface area contributed by atoms with Gasteiger partial charge in [-0.25, -0.2) is 0 Å². The van der Waals surface area contributed by atoms with Crippen molar-refractivity contribution in [3.05, 3.63) is 0 Å². The van der Waals surface area contributed by atoms with Crippen LogP contribution in [0.1, 0.15) is 0 Å². The first-order valence-electron chi connectivity index (χ1n) is 1.04. The van der Waals surface area contributed by atoms with Gasteiger partial charge in [0.25, 0.3) is 0 Å². The molecule has 0 amide bonds. The van der Waals surface area contributed by atoms with Crippen LogP contribution in [0.15, 0.2) is 0 Å². The fourth-order valence-electron chi connectivity index (χ4n) is 0. The Morgan fingerprint density at radius 1 is 2.00 bits per heavy atom. The van der Waals surface area contributed by atoms with Crippen LogP contribution in [-0.4, -0.2) is 6.66 Å². The SMILES string of the molecule is C[PH]#CP. The van der Waals surface area contributed by atoms with Crippen LogP contribution in [0.2, 0.25) is 0 Å². The van der Waals surface area contributed by atoms with E-state index in [0.29, 0.717) is 0 Å². The largest absolute Gasteiger partial charge is 0.122 e. The second-order valence-corrected chi connectivity index (χ2v) is 2.05. The van der Waals surface area contributed by atoms with Crippen molar-refractivity contribution in [1.82, 2.24) is 0 Å². The summed E-state index contributed by atoms with van der Waals surface area (Å²) in [7, 11) is 3.27. The average molecular weight is 92.0 g/mol. The maximum Gasteiger partial charge on any atom is -0.0253 e. The summed E-state index contributed by atoms with van der Waals surface area (Å²) in [5.41, 5.74) is 0. The van der Waals surface area contributed by atoms with Gasteiger partial charge in [0.05, 0.1) is 0 Å². The van der Waals surface area contributed by atoms with Crippen molar-refractivity contribution in [3.63, 3.8) is 0 Å². The number of hydrogen-bond donors (Lipinski definition) is 0. The normalized spacial score (nSPS) is 6.50. The third-order valence-electron chi connectivity index (χ3n) is 0.144. The molecule has 0 fully saturated rings. The molecule has 0 aromatic rings. The van der Waals surface area contributed by atoms with Gasteiger partial charge in [0.1, 0.15) is 0 Å². The van der Waals surface area contributed by atoms with Gasteiger partial charge in [0, 0.05) is 0 Å². The minimum atomic E-state index is 0.853. The summed E-state index contributed by atoms with van der Waals surface area (Å²) >= 11 is 0. The fourth-order valence-corrected chi connectivity index (χ4v) is 0. The quantitative estimate of drug-likeness (QED) is 0.392. The lowest BCUT2D eigenvalue weighted by atomic mass is 11.9. The van der Waals surface area contributed by atoms with E-state index < -0.39 is 0 Å². The van der Waals surface area contributed by atoms with Gasteiger partial charge in [0.15, 0.2) is 0 Å². The minimum absolute atomic E-state index is 0.853. The van der Waals surface area contributed by atoms with Gasteiger partial charge in [0.2, 0.25) is 0 Å². The predicted molar refractivity (Wildman–Crippen MR) is 27.8 cm³/mol. The second-order valence-electron chi connectivity index (χ2n) is 0.394. The molecule has 0 saturated heterocycles. The molecule has 0 aromatic heterocycles. The molecule has 0 aromatic carbocycles. The van der Waals surface area contributed by atoms with Gasteiger partial charge in [-0.05, 0) is 6.66 Å². The molecule has 0 aliphatic heterocycles. The zero-order chi connectivity index (χ0) is 3.41. The van der Waals surface area contributed by atoms with E-state index in [1.807, 2.05) is 0 Å². The van der Waals surface area contributed by atoms with Crippen molar-refractivity contribution in [2.24, 2.45) is 0 Å². The van der Waals surface area contributed by atoms with E-state index in [9.17, 15) is 0 Å². The lowest BCUT2D eigenvalue weighted by Crippen LogP contribution is -1.02. The summed E-state index contributed by atoms with van der Waals surface area (Å²) in [6.45, 7) is 2.08. The summed E-state index contributed by atoms with van der Waals surface area (Å²) in [5.74, 6) is 0. The minimum Gasteiger partial charge on any atom is -0.122 e. The molecule has 0 radical (unpaired) electrons. The van der Waals surface area contributed by atoms with E-state index in [-0.39, 0.29) is 0 Å². The Bertz CT molecular complexity index is 40.8. The smallest absolute Gasteiger partial charge is 0.0253 e. The maximum absolute atomic E-state index is 2.88. The first kappa shape index (κ1) is 4.51. The van der Waals surface area contributed by atoms with Gasteiger partial charge in [-0.1, -0.05) is 9.24 Å². The van der Waals surface area contributed by atoms with Crippen LogP contribution < -0.4 is 0 Å². The molecule has 0 nitrogen and oxygen atoms in total. The molecule has 2 atom stereocenters. The lowest BCUT2D eigenvalue weighted by molar-refractivity contribution is 2.51. The average Bonchev–Trinajstić information content (AvgIpc) is 1.37. The zero-order valence-electron chi connectivity index (χ0n) is 2.58. The summed E-state index contributed by atoms with van der Waals surface area (Å²) in [6.07, 6.45) is 0. The van der Waals surface area contributed by atoms with E-state index >= 15 is 0 Å². The van der Waals surface area contributed by atoms with Gasteiger partial charge in [-0.2, -0.15) is 0 Å². The number of hydrogen-bond acceptors (Lipinski definition) is 0. The molecular weight excluding hydrogens is 86.0 g/mol. The Labute approximate surface area is 30.3 Å². The highest BCUT2D eigenvalue weighted by Crippen LogP contribution is 1.81. The molecule has 0 heterocycles. The zero-order valence-corrected chi connectivity index (χ0v) is 4.73. The Balaban J connectivity index is 2.83. The monoisotopic (exact) mass is 92.0 g/mol. The maximum atomic E-state index is 2.88. The molecular formula is C2H6P2. The molecule has 0 aliphatic rings. The van der Waals surface area contributed by atoms with Crippen LogP contribution in [0.3, 0.4) is 0 Å². The van der Waals surface area contributed by atoms with Crippen molar-refractivity contribution in [1.29, 1.82) is 0 Å². The summed E-state index contributed by atoms with van der Waals surface area (Å²) in [5, 5.41) is 2.88. The van der Waals surface area contributed by atoms with E-state index in [4.69, 9.17) is 0 Å². The predicted octanol–water partition coefficient (Wildman–Crippen LogP) is 1.09. The molecule has 0 saturated carbocycles. The summed E-state index contributed by atoms with van der Waals surface area (Å²) in [4.78, 5) is 0. The molecule has 0 aliphatic carbocycles. The summed E-state index contributed by atoms with van der Waals surface area (Å²) in [6, 6.07) is 0. The van der Waals surface area contributed by atoms with Crippen LogP contribution in [0, 0.1) is 5.37 Å². The molecule has 0 rings (SSSR count). The molecule has 2 unspecified atom stereocenters. The highest BCUT2D eigenvalue weighted by Gasteiger charge is 1.24. The van der Waals surface area contributed by atoms with Gasteiger partial charge >= 0.3 is 0 Å². The van der Waals surface area contributed by atoms with Crippen molar-refractivity contribution in [3.8, 4) is 5.37 Å². The van der Waals surface area contributed by atoms with Crippen LogP contribution in [-0.2, 0) is 0 Å². The van der Waals surface area contributed by atoms with Crippen molar-refractivity contribution >= 4 is 17.3 Å². The van der Waals surface area contributed by atoms with Crippen LogP contribution in [0.25, 0.3) is 0 Å². The van der Waals surface area contributed by atoms with Crippen molar-refractivity contribution < 1.29 is 0 Å². The second kappa shape index (κ2) is 3.51. The Morgan fingerprint density at radius 3 is 2.25 bits per heavy atom. The molecule has 24 valence electrons. The number of rotatable bonds is 0. The van der Waals surface area contributed by atoms with Crippen LogP contribution >= 0.6 is 17.3 Å². The Hall–Kier alpha value is 0.510. The van der Waals surface area contributed by atoms with Gasteiger partial charge in [-0.3, -0.25) is 0 Å². The van der Waals surface area contributed by atoms with E-state index in [0.717, 1.165) is 8.04 Å². The fraction of sp³-hybridized carbons (Fsp3) is 0.500. The van der Waals surface area contributed by atoms with E-state index in [1.165, 1.54) is 0 Å². The standard InChI is InChI=1S/C2H6P2/c1-4-2-3/h4H,3H2,1H3. The van der Waals surface area contributed by atoms with E-state index in [2.05, 4.69) is 21.3 Å². The lowest BCUT2D eigenvalue weighted by Gasteiger charge is -1.42. The molecule has 0 bridgehead atoms. The Kier molecular flexibility index (Phi) is 3.96. The molecule has 0 N–H and O–H groups in total. The van der Waals surface area contributed by atoms with E-state index in [1.54, 1.807) is 0 Å². The topological polar surface area (TPSA) is 0 Å². The third kappa shape index (κ3) is 2.51. The highest BCUT2D eigenvalue weighted by molar-refractivity contribution is 7.39. The summed E-state index contributed by atoms with van der Waals surface area (Å²) < 4.78 is 0. The van der Waals surface area contributed by atoms with Gasteiger partial charge < -0.3 is 0 Å². The van der Waals surface area contributed by atoms with Crippen molar-refractivity contribution in [2.75, 3.05) is 6.66 Å². The van der Waals surface area contributed by atoms with Crippen LogP contribution in [0.4, 0.5) is 0 Å². The highest BCUT2D eigenvalue weighted by atomic mass is 31.1. The Morgan fingerprint density at radius 2 is 2.25 bits per heavy atom. The molecule has 0 spiro atoms. The molecule has 4 heavy (non-hydrogen) atoms. The van der Waals surface area contributed by atoms with Crippen molar-refractivity contribution in [2.45, 2.75) is 0 Å².